The van der Waals surface area contributed by atoms with Crippen molar-refractivity contribution in [3.05, 3.63) is 34.9 Å². The van der Waals surface area contributed by atoms with Crippen LogP contribution in [-0.4, -0.2) is 49.7 Å². The second-order valence-corrected chi connectivity index (χ2v) is 9.73. The average Bonchev–Trinajstić information content (AvgIpc) is 2.77. The Morgan fingerprint density at radius 2 is 1.69 bits per heavy atom. The van der Waals surface area contributed by atoms with Crippen LogP contribution >= 0.6 is 11.6 Å². The van der Waals surface area contributed by atoms with Gasteiger partial charge in [-0.3, -0.25) is 4.79 Å². The number of benzene rings is 1. The number of nitrogens with zero attached hydrogens (tertiary/aromatic N) is 1. The van der Waals surface area contributed by atoms with E-state index < -0.39 is 0 Å². The molecule has 0 unspecified atom stereocenters. The molecule has 1 aromatic carbocycles. The Morgan fingerprint density at radius 1 is 1.03 bits per heavy atom. The molecule has 3 fully saturated rings. The van der Waals surface area contributed by atoms with Crippen molar-refractivity contribution in [1.82, 2.24) is 10.2 Å². The molecule has 3 aliphatic rings. The maximum atomic E-state index is 12.5. The minimum Gasteiger partial charge on any atom is -0.381 e. The highest BCUT2D eigenvalue weighted by Gasteiger charge is 2.36. The second kappa shape index (κ2) is 9.80. The average molecular weight is 419 g/mol. The van der Waals surface area contributed by atoms with Crippen molar-refractivity contribution in [2.45, 2.75) is 69.2 Å². The fourth-order valence-corrected chi connectivity index (χ4v) is 5.64. The molecule has 1 aliphatic carbocycles. The van der Waals surface area contributed by atoms with E-state index in [1.165, 1.54) is 37.7 Å². The van der Waals surface area contributed by atoms with E-state index in [2.05, 4.69) is 22.3 Å². The van der Waals surface area contributed by atoms with Gasteiger partial charge in [-0.15, -0.1) is 0 Å². The van der Waals surface area contributed by atoms with Crippen molar-refractivity contribution < 1.29 is 9.53 Å². The Morgan fingerprint density at radius 3 is 2.34 bits per heavy atom. The van der Waals surface area contributed by atoms with Crippen LogP contribution in [-0.2, 0) is 14.9 Å². The smallest absolute Gasteiger partial charge is 0.223 e. The molecule has 2 aliphatic heterocycles. The van der Waals surface area contributed by atoms with E-state index in [-0.39, 0.29) is 17.2 Å². The largest absolute Gasteiger partial charge is 0.381 e. The monoisotopic (exact) mass is 418 g/mol. The summed E-state index contributed by atoms with van der Waals surface area (Å²) in [4.78, 5) is 15.2. The summed E-state index contributed by atoms with van der Waals surface area (Å²) in [6.45, 7) is 4.74. The van der Waals surface area contributed by atoms with Crippen LogP contribution in [0.4, 0.5) is 0 Å². The van der Waals surface area contributed by atoms with Gasteiger partial charge in [0.2, 0.25) is 5.91 Å². The molecule has 0 bridgehead atoms. The molecule has 0 radical (unpaired) electrons. The van der Waals surface area contributed by atoms with Crippen LogP contribution in [0.3, 0.4) is 0 Å². The lowest BCUT2D eigenvalue weighted by molar-refractivity contribution is -0.128. The number of hydrogen-bond donors (Lipinski definition) is 1. The van der Waals surface area contributed by atoms with E-state index in [9.17, 15) is 4.79 Å². The summed E-state index contributed by atoms with van der Waals surface area (Å²) < 4.78 is 5.38. The van der Waals surface area contributed by atoms with Gasteiger partial charge >= 0.3 is 0 Å². The van der Waals surface area contributed by atoms with E-state index >= 15 is 0 Å². The highest BCUT2D eigenvalue weighted by molar-refractivity contribution is 6.30. The molecule has 1 aromatic rings. The van der Waals surface area contributed by atoms with Crippen molar-refractivity contribution in [2.75, 3.05) is 32.8 Å². The number of rotatable bonds is 5. The van der Waals surface area contributed by atoms with Gasteiger partial charge in [-0.25, -0.2) is 0 Å². The van der Waals surface area contributed by atoms with E-state index in [4.69, 9.17) is 16.3 Å². The highest BCUT2D eigenvalue weighted by Crippen LogP contribution is 2.41. The lowest BCUT2D eigenvalue weighted by Crippen LogP contribution is -2.50. The molecule has 4 rings (SSSR count). The van der Waals surface area contributed by atoms with Gasteiger partial charge < -0.3 is 15.0 Å². The first-order valence-corrected chi connectivity index (χ1v) is 11.9. The van der Waals surface area contributed by atoms with Gasteiger partial charge in [-0.05, 0) is 56.2 Å². The molecule has 1 amide bonds. The molecular weight excluding hydrogens is 384 g/mol. The van der Waals surface area contributed by atoms with E-state index in [0.29, 0.717) is 6.04 Å². The molecule has 0 spiro atoms. The summed E-state index contributed by atoms with van der Waals surface area (Å²) in [7, 11) is 0. The molecule has 2 saturated heterocycles. The molecule has 4 nitrogen and oxygen atoms in total. The Kier molecular flexibility index (Phi) is 7.15. The first kappa shape index (κ1) is 21.1. The number of nitrogens with one attached hydrogen (secondary N) is 1. The zero-order valence-corrected chi connectivity index (χ0v) is 18.3. The standard InChI is InChI=1S/C24H35ClN2O2/c25-21-6-4-20(5-7-21)24(12-2-1-3-13-24)18-27-14-8-22(9-15-27)26-23(28)19-10-16-29-17-11-19/h4-7,19,22H,1-3,8-18H2,(H,26,28). The van der Waals surface area contributed by atoms with Crippen LogP contribution in [0.1, 0.15) is 63.4 Å². The zero-order valence-electron chi connectivity index (χ0n) is 17.5. The number of carbonyl (C=O) groups excluding carboxylic acids is 1. The fourth-order valence-electron chi connectivity index (χ4n) is 5.51. The molecule has 0 atom stereocenters. The number of likely N-dealkylation sites (tertiary alicyclic amines) is 1. The predicted octanol–water partition coefficient (Wildman–Crippen LogP) is 4.55. The van der Waals surface area contributed by atoms with Crippen molar-refractivity contribution >= 4 is 17.5 Å². The third kappa shape index (κ3) is 5.34. The third-order valence-electron chi connectivity index (χ3n) is 7.32. The lowest BCUT2D eigenvalue weighted by atomic mass is 9.69. The summed E-state index contributed by atoms with van der Waals surface area (Å²) in [6.07, 6.45) is 10.4. The van der Waals surface area contributed by atoms with Crippen LogP contribution in [0.2, 0.25) is 5.02 Å². The molecular formula is C24H35ClN2O2. The summed E-state index contributed by atoms with van der Waals surface area (Å²) in [6, 6.07) is 8.92. The molecule has 1 N–H and O–H groups in total. The van der Waals surface area contributed by atoms with Crippen LogP contribution in [0.5, 0.6) is 0 Å². The molecule has 5 heteroatoms. The van der Waals surface area contributed by atoms with Gasteiger partial charge in [-0.1, -0.05) is 43.0 Å². The van der Waals surface area contributed by atoms with Crippen LogP contribution in [0, 0.1) is 5.92 Å². The number of amides is 1. The highest BCUT2D eigenvalue weighted by atomic mass is 35.5. The maximum Gasteiger partial charge on any atom is 0.223 e. The normalized spacial score (nSPS) is 24.3. The first-order chi connectivity index (χ1) is 14.1. The molecule has 160 valence electrons. The van der Waals surface area contributed by atoms with Gasteiger partial charge in [-0.2, -0.15) is 0 Å². The van der Waals surface area contributed by atoms with Crippen molar-refractivity contribution in [2.24, 2.45) is 5.92 Å². The quantitative estimate of drug-likeness (QED) is 0.762. The molecule has 1 saturated carbocycles. The first-order valence-electron chi connectivity index (χ1n) is 11.5. The Labute approximate surface area is 180 Å². The maximum absolute atomic E-state index is 12.5. The lowest BCUT2D eigenvalue weighted by Gasteiger charge is -2.44. The SMILES string of the molecule is O=C(NC1CCN(CC2(c3ccc(Cl)cc3)CCCCC2)CC1)C1CCOCC1. The number of carbonyl (C=O) groups is 1. The Bertz CT molecular complexity index is 658. The van der Waals surface area contributed by atoms with Crippen LogP contribution < -0.4 is 5.32 Å². The van der Waals surface area contributed by atoms with Gasteiger partial charge in [0, 0.05) is 55.2 Å². The molecule has 0 aromatic heterocycles. The topological polar surface area (TPSA) is 41.6 Å². The summed E-state index contributed by atoms with van der Waals surface area (Å²) >= 11 is 6.15. The van der Waals surface area contributed by atoms with Crippen molar-refractivity contribution in [3.63, 3.8) is 0 Å². The Hall–Kier alpha value is -1.10. The minimum absolute atomic E-state index is 0.150. The number of piperidine rings is 1. The van der Waals surface area contributed by atoms with Gasteiger partial charge in [0.25, 0.3) is 0 Å². The van der Waals surface area contributed by atoms with E-state index in [1.54, 1.807) is 0 Å². The zero-order chi connectivity index (χ0) is 20.1. The summed E-state index contributed by atoms with van der Waals surface area (Å²) in [5, 5.41) is 4.14. The number of halogens is 1. The number of hydrogen-bond acceptors (Lipinski definition) is 3. The summed E-state index contributed by atoms with van der Waals surface area (Å²) in [5.41, 5.74) is 1.72. The van der Waals surface area contributed by atoms with Gasteiger partial charge in [0.1, 0.15) is 0 Å². The van der Waals surface area contributed by atoms with Crippen molar-refractivity contribution in [3.8, 4) is 0 Å². The predicted molar refractivity (Wildman–Crippen MR) is 117 cm³/mol. The summed E-state index contributed by atoms with van der Waals surface area (Å²) in [5.74, 6) is 0.397. The molecule has 29 heavy (non-hydrogen) atoms. The molecule has 2 heterocycles. The van der Waals surface area contributed by atoms with E-state index in [0.717, 1.165) is 63.6 Å². The second-order valence-electron chi connectivity index (χ2n) is 9.29. The minimum atomic E-state index is 0.150. The van der Waals surface area contributed by atoms with Gasteiger partial charge in [0.15, 0.2) is 0 Å². The van der Waals surface area contributed by atoms with Crippen molar-refractivity contribution in [1.29, 1.82) is 0 Å². The Balaban J connectivity index is 1.32. The van der Waals surface area contributed by atoms with Gasteiger partial charge in [0.05, 0.1) is 0 Å². The van der Waals surface area contributed by atoms with Crippen LogP contribution in [0.25, 0.3) is 0 Å². The fraction of sp³-hybridized carbons (Fsp3) is 0.708. The van der Waals surface area contributed by atoms with Crippen LogP contribution in [0.15, 0.2) is 24.3 Å². The number of ether oxygens (including phenoxy) is 1. The van der Waals surface area contributed by atoms with E-state index in [1.807, 2.05) is 12.1 Å². The third-order valence-corrected chi connectivity index (χ3v) is 7.57.